The van der Waals surface area contributed by atoms with Crippen LogP contribution in [-0.2, 0) is 16.0 Å². The normalized spacial score (nSPS) is 11.2. The van der Waals surface area contributed by atoms with E-state index in [0.29, 0.717) is 5.69 Å². The summed E-state index contributed by atoms with van der Waals surface area (Å²) in [7, 11) is 1.48. The van der Waals surface area contributed by atoms with Crippen molar-refractivity contribution in [2.45, 2.75) is 25.8 Å². The largest absolute Gasteiger partial charge is 0.480 e. The van der Waals surface area contributed by atoms with Gasteiger partial charge in [-0.25, -0.2) is 4.79 Å². The lowest BCUT2D eigenvalue weighted by Crippen LogP contribution is -2.51. The zero-order chi connectivity index (χ0) is 12.3. The number of carbonyl (C=O) groups is 2. The van der Waals surface area contributed by atoms with E-state index in [9.17, 15) is 9.59 Å². The van der Waals surface area contributed by atoms with Crippen molar-refractivity contribution >= 4 is 11.9 Å². The fourth-order valence-electron chi connectivity index (χ4n) is 1.12. The first-order valence-corrected chi connectivity index (χ1v) is 4.84. The van der Waals surface area contributed by atoms with Crippen molar-refractivity contribution < 1.29 is 14.7 Å². The minimum Gasteiger partial charge on any atom is -0.480 e. The van der Waals surface area contributed by atoms with Crippen molar-refractivity contribution in [3.8, 4) is 0 Å². The first-order chi connectivity index (χ1) is 7.35. The van der Waals surface area contributed by atoms with E-state index in [-0.39, 0.29) is 12.3 Å². The lowest BCUT2D eigenvalue weighted by molar-refractivity contribution is -0.155. The molecule has 0 saturated carbocycles. The van der Waals surface area contributed by atoms with Crippen LogP contribution < -0.4 is 0 Å². The van der Waals surface area contributed by atoms with Gasteiger partial charge in [0.2, 0.25) is 5.91 Å². The SMILES string of the molecule is CN(C(=O)Cc1ccn[nH]1)C(C)(C)C(=O)O. The first kappa shape index (κ1) is 12.2. The van der Waals surface area contributed by atoms with Crippen LogP contribution in [0.4, 0.5) is 0 Å². The van der Waals surface area contributed by atoms with Crippen LogP contribution in [0, 0.1) is 0 Å². The highest BCUT2D eigenvalue weighted by Gasteiger charge is 2.34. The van der Waals surface area contributed by atoms with Gasteiger partial charge in [-0.1, -0.05) is 0 Å². The van der Waals surface area contributed by atoms with E-state index >= 15 is 0 Å². The molecule has 0 aliphatic heterocycles. The summed E-state index contributed by atoms with van der Waals surface area (Å²) in [6, 6.07) is 1.68. The van der Waals surface area contributed by atoms with Crippen LogP contribution in [0.15, 0.2) is 12.3 Å². The molecule has 1 aromatic rings. The predicted octanol–water partition coefficient (Wildman–Crippen LogP) is 0.274. The summed E-state index contributed by atoms with van der Waals surface area (Å²) in [5.41, 5.74) is -0.546. The van der Waals surface area contributed by atoms with Gasteiger partial charge < -0.3 is 10.0 Å². The number of amides is 1. The van der Waals surface area contributed by atoms with Gasteiger partial charge in [-0.2, -0.15) is 5.10 Å². The molecule has 6 heteroatoms. The smallest absolute Gasteiger partial charge is 0.329 e. The molecule has 88 valence electrons. The molecule has 0 saturated heterocycles. The molecule has 1 heterocycles. The molecular weight excluding hydrogens is 210 g/mol. The number of carboxylic acids is 1. The fraction of sp³-hybridized carbons (Fsp3) is 0.500. The topological polar surface area (TPSA) is 86.3 Å². The molecule has 1 amide bonds. The molecule has 0 aliphatic carbocycles. The lowest BCUT2D eigenvalue weighted by Gasteiger charge is -2.31. The highest BCUT2D eigenvalue weighted by Crippen LogP contribution is 2.13. The second kappa shape index (κ2) is 4.34. The Morgan fingerprint density at radius 1 is 1.56 bits per heavy atom. The van der Waals surface area contributed by atoms with E-state index in [1.54, 1.807) is 12.3 Å². The molecule has 6 nitrogen and oxygen atoms in total. The van der Waals surface area contributed by atoms with Gasteiger partial charge in [-0.05, 0) is 19.9 Å². The van der Waals surface area contributed by atoms with Crippen LogP contribution in [0.5, 0.6) is 0 Å². The molecule has 1 rings (SSSR count). The minimum atomic E-state index is -1.21. The monoisotopic (exact) mass is 225 g/mol. The molecule has 0 aliphatic rings. The Kier molecular flexibility index (Phi) is 3.31. The predicted molar refractivity (Wildman–Crippen MR) is 56.8 cm³/mol. The number of H-pyrrole nitrogens is 1. The Balaban J connectivity index is 2.71. The van der Waals surface area contributed by atoms with Crippen molar-refractivity contribution in [1.82, 2.24) is 15.1 Å². The standard InChI is InChI=1S/C10H15N3O3/c1-10(2,9(15)16)13(3)8(14)6-7-4-5-11-12-7/h4-5H,6H2,1-3H3,(H,11,12)(H,15,16). The highest BCUT2D eigenvalue weighted by molar-refractivity contribution is 5.87. The van der Waals surface area contributed by atoms with Crippen molar-refractivity contribution in [3.63, 3.8) is 0 Å². The van der Waals surface area contributed by atoms with E-state index in [4.69, 9.17) is 5.11 Å². The van der Waals surface area contributed by atoms with E-state index < -0.39 is 11.5 Å². The van der Waals surface area contributed by atoms with Gasteiger partial charge in [-0.15, -0.1) is 0 Å². The molecule has 0 fully saturated rings. The quantitative estimate of drug-likeness (QED) is 0.770. The second-order valence-corrected chi connectivity index (χ2v) is 4.08. The van der Waals surface area contributed by atoms with Gasteiger partial charge >= 0.3 is 5.97 Å². The van der Waals surface area contributed by atoms with Crippen LogP contribution in [0.3, 0.4) is 0 Å². The number of carboxylic acid groups (broad SMARTS) is 1. The molecule has 0 radical (unpaired) electrons. The molecular formula is C10H15N3O3. The van der Waals surface area contributed by atoms with E-state index in [1.165, 1.54) is 25.8 Å². The number of rotatable bonds is 4. The van der Waals surface area contributed by atoms with Crippen molar-refractivity contribution in [2.75, 3.05) is 7.05 Å². The van der Waals surface area contributed by atoms with Gasteiger partial charge in [-0.3, -0.25) is 9.89 Å². The number of nitrogens with zero attached hydrogens (tertiary/aromatic N) is 2. The summed E-state index contributed by atoms with van der Waals surface area (Å²) < 4.78 is 0. The number of aliphatic carboxylic acids is 1. The zero-order valence-corrected chi connectivity index (χ0v) is 9.52. The number of hydrogen-bond donors (Lipinski definition) is 2. The summed E-state index contributed by atoms with van der Waals surface area (Å²) >= 11 is 0. The minimum absolute atomic E-state index is 0.118. The summed E-state index contributed by atoms with van der Waals surface area (Å²) in [6.07, 6.45) is 1.66. The molecule has 0 bridgehead atoms. The maximum atomic E-state index is 11.8. The van der Waals surface area contributed by atoms with E-state index in [2.05, 4.69) is 10.2 Å². The maximum absolute atomic E-state index is 11.8. The Labute approximate surface area is 93.3 Å². The third-order valence-corrected chi connectivity index (χ3v) is 2.64. The Morgan fingerprint density at radius 3 is 2.62 bits per heavy atom. The highest BCUT2D eigenvalue weighted by atomic mass is 16.4. The number of hydrogen-bond acceptors (Lipinski definition) is 3. The van der Waals surface area contributed by atoms with Gasteiger partial charge in [0.25, 0.3) is 0 Å². The summed E-state index contributed by atoms with van der Waals surface area (Å²) in [6.45, 7) is 2.97. The zero-order valence-electron chi connectivity index (χ0n) is 9.52. The second-order valence-electron chi connectivity index (χ2n) is 4.08. The van der Waals surface area contributed by atoms with Gasteiger partial charge in [0.1, 0.15) is 5.54 Å². The Bertz CT molecular complexity index is 384. The Hall–Kier alpha value is -1.85. The number of likely N-dealkylation sites (N-methyl/N-ethyl adjacent to an activating group) is 1. The van der Waals surface area contributed by atoms with E-state index in [0.717, 1.165) is 0 Å². The molecule has 0 aromatic carbocycles. The average molecular weight is 225 g/mol. The average Bonchev–Trinajstić information content (AvgIpc) is 2.68. The number of nitrogens with one attached hydrogen (secondary N) is 1. The fourth-order valence-corrected chi connectivity index (χ4v) is 1.12. The summed E-state index contributed by atoms with van der Waals surface area (Å²) in [5, 5.41) is 15.4. The third kappa shape index (κ3) is 2.39. The van der Waals surface area contributed by atoms with Gasteiger partial charge in [0.15, 0.2) is 0 Å². The number of carbonyl (C=O) groups excluding carboxylic acids is 1. The van der Waals surface area contributed by atoms with Crippen molar-refractivity contribution in [3.05, 3.63) is 18.0 Å². The van der Waals surface area contributed by atoms with Crippen molar-refractivity contribution in [2.24, 2.45) is 0 Å². The van der Waals surface area contributed by atoms with Crippen LogP contribution in [-0.4, -0.2) is 44.7 Å². The van der Waals surface area contributed by atoms with Crippen LogP contribution in [0.1, 0.15) is 19.5 Å². The molecule has 0 spiro atoms. The molecule has 0 unspecified atom stereocenters. The molecule has 2 N–H and O–H groups in total. The first-order valence-electron chi connectivity index (χ1n) is 4.84. The van der Waals surface area contributed by atoms with Crippen LogP contribution in [0.25, 0.3) is 0 Å². The summed E-state index contributed by atoms with van der Waals surface area (Å²) in [5.74, 6) is -1.30. The molecule has 1 aromatic heterocycles. The maximum Gasteiger partial charge on any atom is 0.329 e. The number of aromatic amines is 1. The van der Waals surface area contributed by atoms with E-state index in [1.807, 2.05) is 0 Å². The molecule has 0 atom stereocenters. The van der Waals surface area contributed by atoms with Crippen LogP contribution >= 0.6 is 0 Å². The van der Waals surface area contributed by atoms with Gasteiger partial charge in [0, 0.05) is 18.9 Å². The number of aromatic nitrogens is 2. The van der Waals surface area contributed by atoms with Crippen molar-refractivity contribution in [1.29, 1.82) is 0 Å². The summed E-state index contributed by atoms with van der Waals surface area (Å²) in [4.78, 5) is 24.0. The lowest BCUT2D eigenvalue weighted by atomic mass is 10.0. The van der Waals surface area contributed by atoms with Crippen LogP contribution in [0.2, 0.25) is 0 Å². The third-order valence-electron chi connectivity index (χ3n) is 2.64. The Morgan fingerprint density at radius 2 is 2.19 bits per heavy atom. The van der Waals surface area contributed by atoms with Gasteiger partial charge in [0.05, 0.1) is 6.42 Å². The molecule has 16 heavy (non-hydrogen) atoms.